The second-order valence-electron chi connectivity index (χ2n) is 4.62. The van der Waals surface area contributed by atoms with Gasteiger partial charge in [-0.15, -0.1) is 0 Å². The van der Waals surface area contributed by atoms with Crippen molar-refractivity contribution < 1.29 is 9.90 Å². The molecule has 106 valence electrons. The summed E-state index contributed by atoms with van der Waals surface area (Å²) < 4.78 is 0.146. The van der Waals surface area contributed by atoms with Gasteiger partial charge >= 0.3 is 5.97 Å². The Kier molecular flexibility index (Phi) is 5.66. The highest BCUT2D eigenvalue weighted by molar-refractivity contribution is 8.00. The van der Waals surface area contributed by atoms with E-state index in [1.165, 1.54) is 6.20 Å². The van der Waals surface area contributed by atoms with E-state index >= 15 is 0 Å². The SMILES string of the molecule is CCC(CC)(CNc1cc(C)ncc1C(=O)O)SC. The molecule has 1 rings (SSSR count). The first-order chi connectivity index (χ1) is 8.98. The molecule has 1 aromatic heterocycles. The largest absolute Gasteiger partial charge is 0.478 e. The summed E-state index contributed by atoms with van der Waals surface area (Å²) >= 11 is 1.83. The highest BCUT2D eigenvalue weighted by atomic mass is 32.2. The van der Waals surface area contributed by atoms with Crippen LogP contribution in [0.5, 0.6) is 0 Å². The maximum absolute atomic E-state index is 11.2. The number of hydrogen-bond acceptors (Lipinski definition) is 4. The van der Waals surface area contributed by atoms with Crippen LogP contribution in [0.2, 0.25) is 0 Å². The maximum atomic E-state index is 11.2. The molecular formula is C14H22N2O2S. The lowest BCUT2D eigenvalue weighted by Gasteiger charge is -2.30. The molecular weight excluding hydrogens is 260 g/mol. The molecule has 2 N–H and O–H groups in total. The van der Waals surface area contributed by atoms with Crippen molar-refractivity contribution in [3.8, 4) is 0 Å². The summed E-state index contributed by atoms with van der Waals surface area (Å²) in [6.07, 6.45) is 5.61. The second kappa shape index (κ2) is 6.80. The third-order valence-corrected chi connectivity index (χ3v) is 5.18. The van der Waals surface area contributed by atoms with Crippen LogP contribution < -0.4 is 5.32 Å². The minimum atomic E-state index is -0.947. The third kappa shape index (κ3) is 3.86. The number of aryl methyl sites for hydroxylation is 1. The molecule has 0 amide bonds. The van der Waals surface area contributed by atoms with Crippen LogP contribution >= 0.6 is 11.8 Å². The van der Waals surface area contributed by atoms with E-state index in [0.29, 0.717) is 5.69 Å². The van der Waals surface area contributed by atoms with Gasteiger partial charge in [0, 0.05) is 23.2 Å². The topological polar surface area (TPSA) is 62.2 Å². The van der Waals surface area contributed by atoms with E-state index in [-0.39, 0.29) is 10.3 Å². The van der Waals surface area contributed by atoms with Crippen molar-refractivity contribution in [2.75, 3.05) is 18.1 Å². The van der Waals surface area contributed by atoms with Crippen molar-refractivity contribution in [1.29, 1.82) is 0 Å². The summed E-state index contributed by atoms with van der Waals surface area (Å²) in [5.41, 5.74) is 1.70. The van der Waals surface area contributed by atoms with Gasteiger partial charge in [-0.2, -0.15) is 11.8 Å². The molecule has 0 radical (unpaired) electrons. The zero-order chi connectivity index (χ0) is 14.5. The highest BCUT2D eigenvalue weighted by Crippen LogP contribution is 2.31. The Bertz CT molecular complexity index is 437. The zero-order valence-electron chi connectivity index (χ0n) is 12.0. The quantitative estimate of drug-likeness (QED) is 0.802. The van der Waals surface area contributed by atoms with Gasteiger partial charge in [0.25, 0.3) is 0 Å². The number of hydrogen-bond donors (Lipinski definition) is 2. The summed E-state index contributed by atoms with van der Waals surface area (Å²) in [5, 5.41) is 12.5. The van der Waals surface area contributed by atoms with Crippen LogP contribution in [0.15, 0.2) is 12.3 Å². The van der Waals surface area contributed by atoms with Crippen molar-refractivity contribution in [3.05, 3.63) is 23.5 Å². The maximum Gasteiger partial charge on any atom is 0.339 e. The van der Waals surface area contributed by atoms with Crippen LogP contribution in [0.25, 0.3) is 0 Å². The molecule has 19 heavy (non-hydrogen) atoms. The monoisotopic (exact) mass is 282 g/mol. The number of nitrogens with one attached hydrogen (secondary N) is 1. The Labute approximate surface area is 119 Å². The van der Waals surface area contributed by atoms with Gasteiger partial charge in [0.05, 0.1) is 5.69 Å². The number of nitrogens with zero attached hydrogens (tertiary/aromatic N) is 1. The first-order valence-corrected chi connectivity index (χ1v) is 7.69. The molecule has 0 fully saturated rings. The van der Waals surface area contributed by atoms with Gasteiger partial charge in [-0.1, -0.05) is 13.8 Å². The smallest absolute Gasteiger partial charge is 0.339 e. The van der Waals surface area contributed by atoms with Crippen molar-refractivity contribution in [3.63, 3.8) is 0 Å². The van der Waals surface area contributed by atoms with Gasteiger partial charge in [-0.25, -0.2) is 4.79 Å². The molecule has 0 aliphatic heterocycles. The summed E-state index contributed by atoms with van der Waals surface area (Å²) in [6.45, 7) is 6.94. The number of pyridine rings is 1. The van der Waals surface area contributed by atoms with Gasteiger partial charge in [-0.05, 0) is 32.1 Å². The molecule has 0 saturated carbocycles. The molecule has 5 heteroatoms. The van der Waals surface area contributed by atoms with E-state index in [1.54, 1.807) is 6.07 Å². The van der Waals surface area contributed by atoms with Crippen molar-refractivity contribution in [1.82, 2.24) is 4.98 Å². The number of rotatable bonds is 7. The number of carboxylic acid groups (broad SMARTS) is 1. The molecule has 0 aromatic carbocycles. The molecule has 0 unspecified atom stereocenters. The average Bonchev–Trinajstić information content (AvgIpc) is 2.40. The van der Waals surface area contributed by atoms with Gasteiger partial charge in [-0.3, -0.25) is 4.98 Å². The summed E-state index contributed by atoms with van der Waals surface area (Å²) in [5.74, 6) is -0.947. The van der Waals surface area contributed by atoms with E-state index in [9.17, 15) is 9.90 Å². The van der Waals surface area contributed by atoms with Crippen LogP contribution in [0.3, 0.4) is 0 Å². The lowest BCUT2D eigenvalue weighted by atomic mass is 10.0. The van der Waals surface area contributed by atoms with Crippen LogP contribution in [0.4, 0.5) is 5.69 Å². The third-order valence-electron chi connectivity index (χ3n) is 3.59. The molecule has 0 atom stereocenters. The molecule has 0 aliphatic carbocycles. The highest BCUT2D eigenvalue weighted by Gasteiger charge is 2.25. The minimum Gasteiger partial charge on any atom is -0.478 e. The molecule has 0 aliphatic rings. The van der Waals surface area contributed by atoms with E-state index in [1.807, 2.05) is 18.7 Å². The predicted molar refractivity (Wildman–Crippen MR) is 81.3 cm³/mol. The van der Waals surface area contributed by atoms with Crippen LogP contribution in [-0.4, -0.2) is 33.6 Å². The van der Waals surface area contributed by atoms with Crippen molar-refractivity contribution in [2.45, 2.75) is 38.4 Å². The molecule has 0 bridgehead atoms. The fourth-order valence-electron chi connectivity index (χ4n) is 1.99. The average molecular weight is 282 g/mol. The number of aromatic carboxylic acids is 1. The minimum absolute atomic E-state index is 0.146. The Morgan fingerprint density at radius 2 is 2.11 bits per heavy atom. The lowest BCUT2D eigenvalue weighted by Crippen LogP contribution is -2.32. The Balaban J connectivity index is 2.93. The van der Waals surface area contributed by atoms with Crippen molar-refractivity contribution >= 4 is 23.4 Å². The first kappa shape index (κ1) is 15.8. The molecule has 4 nitrogen and oxygen atoms in total. The van der Waals surface area contributed by atoms with Gasteiger partial charge in [0.2, 0.25) is 0 Å². The number of anilines is 1. The standard InChI is InChI=1S/C14H22N2O2S/c1-5-14(6-2,19-4)9-16-12-7-10(3)15-8-11(12)13(17)18/h7-8H,5-6,9H2,1-4H3,(H,15,16)(H,17,18). The van der Waals surface area contributed by atoms with Crippen LogP contribution in [0, 0.1) is 6.92 Å². The lowest BCUT2D eigenvalue weighted by molar-refractivity contribution is 0.0697. The number of carbonyl (C=O) groups is 1. The van der Waals surface area contributed by atoms with Gasteiger partial charge in [0.1, 0.15) is 5.56 Å². The molecule has 1 heterocycles. The second-order valence-corrected chi connectivity index (χ2v) is 5.90. The number of carboxylic acids is 1. The Morgan fingerprint density at radius 3 is 2.58 bits per heavy atom. The van der Waals surface area contributed by atoms with Crippen LogP contribution in [-0.2, 0) is 0 Å². The number of aromatic nitrogens is 1. The fourth-order valence-corrected chi connectivity index (χ4v) is 2.79. The van der Waals surface area contributed by atoms with E-state index < -0.39 is 5.97 Å². The zero-order valence-corrected chi connectivity index (χ0v) is 12.8. The van der Waals surface area contributed by atoms with Crippen molar-refractivity contribution in [2.24, 2.45) is 0 Å². The summed E-state index contributed by atoms with van der Waals surface area (Å²) in [7, 11) is 0. The molecule has 1 aromatic rings. The first-order valence-electron chi connectivity index (χ1n) is 6.47. The number of thioether (sulfide) groups is 1. The molecule has 0 saturated heterocycles. The van der Waals surface area contributed by atoms with Gasteiger partial charge in [0.15, 0.2) is 0 Å². The van der Waals surface area contributed by atoms with Crippen LogP contribution in [0.1, 0.15) is 42.7 Å². The normalized spacial score (nSPS) is 11.4. The predicted octanol–water partition coefficient (Wildman–Crippen LogP) is 3.42. The summed E-state index contributed by atoms with van der Waals surface area (Å²) in [4.78, 5) is 15.2. The van der Waals surface area contributed by atoms with E-state index in [4.69, 9.17) is 0 Å². The Morgan fingerprint density at radius 1 is 1.47 bits per heavy atom. The van der Waals surface area contributed by atoms with E-state index in [2.05, 4.69) is 30.4 Å². The van der Waals surface area contributed by atoms with E-state index in [0.717, 1.165) is 25.1 Å². The Hall–Kier alpha value is -1.23. The fraction of sp³-hybridized carbons (Fsp3) is 0.571. The van der Waals surface area contributed by atoms with Gasteiger partial charge < -0.3 is 10.4 Å². The summed E-state index contributed by atoms with van der Waals surface area (Å²) in [6, 6.07) is 1.79. The molecule has 0 spiro atoms.